The molecule has 3 atom stereocenters. The zero-order valence-corrected chi connectivity index (χ0v) is 20.7. The minimum absolute atomic E-state index is 0. The van der Waals surface area contributed by atoms with Crippen molar-refractivity contribution >= 4 is 12.4 Å². The van der Waals surface area contributed by atoms with E-state index in [-0.39, 0.29) is 12.4 Å². The molecule has 5 nitrogen and oxygen atoms in total. The lowest BCUT2D eigenvalue weighted by Crippen LogP contribution is -2.46. The van der Waals surface area contributed by atoms with Gasteiger partial charge >= 0.3 is 0 Å². The first-order valence-corrected chi connectivity index (χ1v) is 12.0. The number of hydrogen-bond donors (Lipinski definition) is 0. The highest BCUT2D eigenvalue weighted by Gasteiger charge is 2.35. The van der Waals surface area contributed by atoms with E-state index in [1.165, 1.54) is 30.4 Å². The third-order valence-corrected chi connectivity index (χ3v) is 6.81. The van der Waals surface area contributed by atoms with Gasteiger partial charge < -0.3 is 18.9 Å². The number of hydrogen-bond acceptors (Lipinski definition) is 5. The SMILES string of the molecule is COc1ccc(CCOC2CCCCC2N2CC[C@@H](OCc3ccccc3)C2)cc1OC.Cl. The van der Waals surface area contributed by atoms with E-state index in [0.29, 0.717) is 24.9 Å². The van der Waals surface area contributed by atoms with Gasteiger partial charge in [0.05, 0.1) is 39.6 Å². The van der Waals surface area contributed by atoms with Crippen molar-refractivity contribution in [3.05, 3.63) is 59.7 Å². The Morgan fingerprint density at radius 1 is 0.848 bits per heavy atom. The summed E-state index contributed by atoms with van der Waals surface area (Å²) in [6.45, 7) is 3.57. The Hall–Kier alpha value is -1.79. The average molecular weight is 476 g/mol. The quantitative estimate of drug-likeness (QED) is 0.467. The lowest BCUT2D eigenvalue weighted by Gasteiger charge is -2.37. The number of benzene rings is 2. The first kappa shape index (κ1) is 25.8. The molecule has 0 N–H and O–H groups in total. The van der Waals surface area contributed by atoms with Crippen LogP contribution in [0.5, 0.6) is 11.5 Å². The first-order valence-electron chi connectivity index (χ1n) is 12.0. The Balaban J connectivity index is 0.00000306. The molecule has 1 aliphatic carbocycles. The smallest absolute Gasteiger partial charge is 0.160 e. The third-order valence-electron chi connectivity index (χ3n) is 6.81. The predicted molar refractivity (Wildman–Crippen MR) is 134 cm³/mol. The van der Waals surface area contributed by atoms with Crippen molar-refractivity contribution < 1.29 is 18.9 Å². The van der Waals surface area contributed by atoms with Crippen LogP contribution in [0.4, 0.5) is 0 Å². The molecule has 1 heterocycles. The van der Waals surface area contributed by atoms with Gasteiger partial charge in [-0.1, -0.05) is 49.2 Å². The molecule has 2 aromatic carbocycles. The third kappa shape index (κ3) is 7.10. The van der Waals surface area contributed by atoms with Gasteiger partial charge in [0.1, 0.15) is 0 Å². The van der Waals surface area contributed by atoms with E-state index in [4.69, 9.17) is 18.9 Å². The fourth-order valence-electron chi connectivity index (χ4n) is 5.03. The number of methoxy groups -OCH3 is 2. The second-order valence-corrected chi connectivity index (χ2v) is 8.90. The summed E-state index contributed by atoms with van der Waals surface area (Å²) in [5, 5.41) is 0. The van der Waals surface area contributed by atoms with Gasteiger partial charge in [0.25, 0.3) is 0 Å². The summed E-state index contributed by atoms with van der Waals surface area (Å²) in [6, 6.07) is 17.1. The molecule has 1 aliphatic heterocycles. The Morgan fingerprint density at radius 2 is 1.64 bits per heavy atom. The van der Waals surface area contributed by atoms with Crippen molar-refractivity contribution in [3.8, 4) is 11.5 Å². The molecule has 182 valence electrons. The van der Waals surface area contributed by atoms with Crippen LogP contribution >= 0.6 is 12.4 Å². The Kier molecular flexibility index (Phi) is 10.3. The molecule has 1 saturated carbocycles. The van der Waals surface area contributed by atoms with E-state index < -0.39 is 0 Å². The highest BCUT2D eigenvalue weighted by atomic mass is 35.5. The highest BCUT2D eigenvalue weighted by Crippen LogP contribution is 2.30. The summed E-state index contributed by atoms with van der Waals surface area (Å²) in [7, 11) is 3.34. The maximum atomic E-state index is 6.45. The molecule has 0 spiro atoms. The monoisotopic (exact) mass is 475 g/mol. The molecule has 2 unspecified atom stereocenters. The zero-order chi connectivity index (χ0) is 22.2. The molecule has 0 radical (unpaired) electrons. The van der Waals surface area contributed by atoms with E-state index in [9.17, 15) is 0 Å². The molecule has 33 heavy (non-hydrogen) atoms. The average Bonchev–Trinajstić information content (AvgIpc) is 3.32. The van der Waals surface area contributed by atoms with Crippen molar-refractivity contribution in [2.24, 2.45) is 0 Å². The largest absolute Gasteiger partial charge is 0.493 e. The van der Waals surface area contributed by atoms with E-state index in [2.05, 4.69) is 47.4 Å². The van der Waals surface area contributed by atoms with Gasteiger partial charge in [-0.15, -0.1) is 12.4 Å². The second-order valence-electron chi connectivity index (χ2n) is 8.90. The fourth-order valence-corrected chi connectivity index (χ4v) is 5.03. The first-order chi connectivity index (χ1) is 15.8. The van der Waals surface area contributed by atoms with Crippen molar-refractivity contribution in [1.82, 2.24) is 4.90 Å². The molecule has 0 aromatic heterocycles. The number of likely N-dealkylation sites (tertiary alicyclic amines) is 1. The molecule has 2 aromatic rings. The summed E-state index contributed by atoms with van der Waals surface area (Å²) >= 11 is 0. The summed E-state index contributed by atoms with van der Waals surface area (Å²) in [5.74, 6) is 1.54. The van der Waals surface area contributed by atoms with Gasteiger partial charge in [-0.25, -0.2) is 0 Å². The van der Waals surface area contributed by atoms with Gasteiger partial charge in [0.2, 0.25) is 0 Å². The molecule has 0 bridgehead atoms. The van der Waals surface area contributed by atoms with Crippen LogP contribution < -0.4 is 9.47 Å². The number of nitrogens with zero attached hydrogens (tertiary/aromatic N) is 1. The predicted octanol–water partition coefficient (Wildman–Crippen LogP) is 5.29. The molecular weight excluding hydrogens is 438 g/mol. The van der Waals surface area contributed by atoms with Gasteiger partial charge in [0.15, 0.2) is 11.5 Å². The normalized spacial score (nSPS) is 23.2. The Bertz CT molecular complexity index is 834. The summed E-state index contributed by atoms with van der Waals surface area (Å²) < 4.78 is 23.4. The van der Waals surface area contributed by atoms with Gasteiger partial charge in [-0.3, -0.25) is 4.90 Å². The maximum absolute atomic E-state index is 6.45. The summed E-state index contributed by atoms with van der Waals surface area (Å²) in [4.78, 5) is 2.62. The van der Waals surface area contributed by atoms with Crippen LogP contribution in [0.3, 0.4) is 0 Å². The van der Waals surface area contributed by atoms with E-state index in [1.807, 2.05) is 6.07 Å². The van der Waals surface area contributed by atoms with Crippen molar-refractivity contribution in [1.29, 1.82) is 0 Å². The van der Waals surface area contributed by atoms with Crippen molar-refractivity contribution in [3.63, 3.8) is 0 Å². The molecule has 2 aliphatic rings. The number of halogens is 1. The van der Waals surface area contributed by atoms with E-state index in [0.717, 1.165) is 50.5 Å². The zero-order valence-electron chi connectivity index (χ0n) is 19.9. The molecule has 0 amide bonds. The minimum atomic E-state index is 0. The van der Waals surface area contributed by atoms with Gasteiger partial charge in [-0.05, 0) is 48.9 Å². The van der Waals surface area contributed by atoms with Gasteiger partial charge in [0, 0.05) is 19.1 Å². The fraction of sp³-hybridized carbons (Fsp3) is 0.556. The van der Waals surface area contributed by atoms with Crippen LogP contribution in [0.25, 0.3) is 0 Å². The van der Waals surface area contributed by atoms with E-state index in [1.54, 1.807) is 14.2 Å². The van der Waals surface area contributed by atoms with Crippen LogP contribution in [-0.2, 0) is 22.5 Å². The number of ether oxygens (including phenoxy) is 4. The highest BCUT2D eigenvalue weighted by molar-refractivity contribution is 5.85. The standard InChI is InChI=1S/C27H37NO4.ClH/c1-29-26-13-12-21(18-27(26)30-2)15-17-31-25-11-7-6-10-24(25)28-16-14-23(19-28)32-20-22-8-4-3-5-9-22;/h3-5,8-9,12-13,18,23-25H,6-7,10-11,14-17,19-20H2,1-2H3;1H/t23-,24?,25?;/m1./s1. The summed E-state index contributed by atoms with van der Waals surface area (Å²) in [6.07, 6.45) is 7.58. The maximum Gasteiger partial charge on any atom is 0.160 e. The molecule has 2 fully saturated rings. The summed E-state index contributed by atoms with van der Waals surface area (Å²) in [5.41, 5.74) is 2.46. The Morgan fingerprint density at radius 3 is 2.42 bits per heavy atom. The van der Waals surface area contributed by atoms with Crippen LogP contribution in [0.15, 0.2) is 48.5 Å². The van der Waals surface area contributed by atoms with Crippen LogP contribution in [0.1, 0.15) is 43.2 Å². The Labute approximate surface area is 204 Å². The van der Waals surface area contributed by atoms with Crippen molar-refractivity contribution in [2.45, 2.75) is 63.4 Å². The van der Waals surface area contributed by atoms with Crippen LogP contribution in [-0.4, -0.2) is 57.1 Å². The van der Waals surface area contributed by atoms with E-state index >= 15 is 0 Å². The van der Waals surface area contributed by atoms with Crippen LogP contribution in [0, 0.1) is 0 Å². The lowest BCUT2D eigenvalue weighted by molar-refractivity contribution is -0.0352. The van der Waals surface area contributed by atoms with Crippen LogP contribution in [0.2, 0.25) is 0 Å². The minimum Gasteiger partial charge on any atom is -0.493 e. The van der Waals surface area contributed by atoms with Gasteiger partial charge in [-0.2, -0.15) is 0 Å². The molecule has 4 rings (SSSR count). The van der Waals surface area contributed by atoms with Crippen molar-refractivity contribution in [2.75, 3.05) is 33.9 Å². The number of rotatable bonds is 10. The molecule has 6 heteroatoms. The molecule has 1 saturated heterocycles. The molecular formula is C27H38ClNO4. The second kappa shape index (κ2) is 13.2. The lowest BCUT2D eigenvalue weighted by atomic mass is 9.91. The topological polar surface area (TPSA) is 40.2 Å².